The smallest absolute Gasteiger partial charge is 0.223 e. The standard InChI is InChI=1S/C21H19NO2/c1-15(23)22-12-11-18-17-9-5-6-10-19(17)21(13-20(18)22)24-14-16-7-3-2-4-8-16/h2-10,13H,11-12,14H2,1H3. The van der Waals surface area contributed by atoms with E-state index in [-0.39, 0.29) is 5.91 Å². The molecule has 0 radical (unpaired) electrons. The third-order valence-electron chi connectivity index (χ3n) is 4.59. The average Bonchev–Trinajstić information content (AvgIpc) is 3.05. The van der Waals surface area contributed by atoms with E-state index in [0.29, 0.717) is 6.61 Å². The second-order valence-electron chi connectivity index (χ2n) is 6.11. The Balaban J connectivity index is 1.77. The Kier molecular flexibility index (Phi) is 3.69. The quantitative estimate of drug-likeness (QED) is 0.719. The molecule has 0 bridgehead atoms. The van der Waals surface area contributed by atoms with Gasteiger partial charge in [0, 0.05) is 24.9 Å². The molecule has 120 valence electrons. The first-order chi connectivity index (χ1) is 11.7. The number of benzene rings is 3. The molecule has 0 spiro atoms. The SMILES string of the molecule is CC(=O)N1CCc2c1cc(OCc1ccccc1)c1ccccc21. The molecule has 1 heterocycles. The Morgan fingerprint density at radius 3 is 2.50 bits per heavy atom. The highest BCUT2D eigenvalue weighted by Crippen LogP contribution is 2.40. The molecule has 3 nitrogen and oxygen atoms in total. The molecule has 0 atom stereocenters. The van der Waals surface area contributed by atoms with E-state index in [9.17, 15) is 4.79 Å². The van der Waals surface area contributed by atoms with Crippen LogP contribution in [0.3, 0.4) is 0 Å². The highest BCUT2D eigenvalue weighted by Gasteiger charge is 2.25. The Morgan fingerprint density at radius 2 is 1.75 bits per heavy atom. The monoisotopic (exact) mass is 317 g/mol. The molecule has 0 saturated heterocycles. The molecule has 0 saturated carbocycles. The maximum Gasteiger partial charge on any atom is 0.223 e. The van der Waals surface area contributed by atoms with Crippen LogP contribution < -0.4 is 9.64 Å². The Bertz CT molecular complexity index is 902. The lowest BCUT2D eigenvalue weighted by atomic mass is 10.0. The van der Waals surface area contributed by atoms with Crippen molar-refractivity contribution in [3.8, 4) is 5.75 Å². The van der Waals surface area contributed by atoms with Gasteiger partial charge in [0.05, 0.1) is 5.69 Å². The lowest BCUT2D eigenvalue weighted by Crippen LogP contribution is -2.25. The minimum absolute atomic E-state index is 0.0815. The van der Waals surface area contributed by atoms with Crippen molar-refractivity contribution in [2.75, 3.05) is 11.4 Å². The van der Waals surface area contributed by atoms with Gasteiger partial charge < -0.3 is 9.64 Å². The van der Waals surface area contributed by atoms with Gasteiger partial charge in [0.15, 0.2) is 0 Å². The Labute approximate surface area is 141 Å². The summed E-state index contributed by atoms with van der Waals surface area (Å²) >= 11 is 0. The molecule has 3 aromatic carbocycles. The fourth-order valence-corrected chi connectivity index (χ4v) is 3.42. The summed E-state index contributed by atoms with van der Waals surface area (Å²) in [4.78, 5) is 13.8. The molecule has 24 heavy (non-hydrogen) atoms. The van der Waals surface area contributed by atoms with Gasteiger partial charge in [0.25, 0.3) is 0 Å². The van der Waals surface area contributed by atoms with Crippen molar-refractivity contribution in [2.24, 2.45) is 0 Å². The summed E-state index contributed by atoms with van der Waals surface area (Å²) in [5, 5.41) is 2.29. The second kappa shape index (κ2) is 6.00. The topological polar surface area (TPSA) is 29.5 Å². The van der Waals surface area contributed by atoms with Crippen LogP contribution in [0.5, 0.6) is 5.75 Å². The van der Waals surface area contributed by atoms with Crippen molar-refractivity contribution < 1.29 is 9.53 Å². The molecular formula is C21H19NO2. The molecule has 1 aliphatic heterocycles. The number of anilines is 1. The van der Waals surface area contributed by atoms with Gasteiger partial charge in [-0.2, -0.15) is 0 Å². The normalized spacial score (nSPS) is 13.1. The maximum atomic E-state index is 11.9. The third kappa shape index (κ3) is 2.52. The molecule has 0 fully saturated rings. The zero-order valence-electron chi connectivity index (χ0n) is 13.7. The lowest BCUT2D eigenvalue weighted by molar-refractivity contribution is -0.116. The van der Waals surface area contributed by atoms with E-state index in [1.807, 2.05) is 41.3 Å². The van der Waals surface area contributed by atoms with E-state index in [0.717, 1.165) is 35.4 Å². The molecule has 0 unspecified atom stereocenters. The van der Waals surface area contributed by atoms with Gasteiger partial charge in [-0.25, -0.2) is 0 Å². The number of carbonyl (C=O) groups excluding carboxylic acids is 1. The molecule has 3 aromatic rings. The molecule has 0 aliphatic carbocycles. The molecule has 3 heteroatoms. The summed E-state index contributed by atoms with van der Waals surface area (Å²) in [6.45, 7) is 2.88. The minimum atomic E-state index is 0.0815. The summed E-state index contributed by atoms with van der Waals surface area (Å²) in [6.07, 6.45) is 0.897. The van der Waals surface area contributed by atoms with Gasteiger partial charge in [0.2, 0.25) is 5.91 Å². The zero-order valence-corrected chi connectivity index (χ0v) is 13.7. The van der Waals surface area contributed by atoms with Crippen LogP contribution in [0.2, 0.25) is 0 Å². The number of hydrogen-bond donors (Lipinski definition) is 0. The van der Waals surface area contributed by atoms with Gasteiger partial charge in [-0.3, -0.25) is 4.79 Å². The van der Waals surface area contributed by atoms with Crippen molar-refractivity contribution >= 4 is 22.4 Å². The maximum absolute atomic E-state index is 11.9. The third-order valence-corrected chi connectivity index (χ3v) is 4.59. The summed E-state index contributed by atoms with van der Waals surface area (Å²) in [5.41, 5.74) is 3.36. The number of hydrogen-bond acceptors (Lipinski definition) is 2. The second-order valence-corrected chi connectivity index (χ2v) is 6.11. The van der Waals surface area contributed by atoms with E-state index >= 15 is 0 Å². The predicted octanol–water partition coefficient (Wildman–Crippen LogP) is 4.33. The molecular weight excluding hydrogens is 298 g/mol. The Hall–Kier alpha value is -2.81. The van der Waals surface area contributed by atoms with E-state index in [4.69, 9.17) is 4.74 Å². The number of carbonyl (C=O) groups is 1. The number of rotatable bonds is 3. The summed E-state index contributed by atoms with van der Waals surface area (Å²) in [7, 11) is 0. The van der Waals surface area contributed by atoms with Crippen LogP contribution in [-0.4, -0.2) is 12.5 Å². The molecule has 4 rings (SSSR count). The van der Waals surface area contributed by atoms with Crippen LogP contribution in [0.15, 0.2) is 60.7 Å². The predicted molar refractivity (Wildman–Crippen MR) is 96.5 cm³/mol. The first-order valence-electron chi connectivity index (χ1n) is 8.23. The summed E-state index contributed by atoms with van der Waals surface area (Å²) < 4.78 is 6.12. The van der Waals surface area contributed by atoms with Gasteiger partial charge in [0.1, 0.15) is 12.4 Å². The van der Waals surface area contributed by atoms with Crippen LogP contribution in [0.1, 0.15) is 18.1 Å². The van der Waals surface area contributed by atoms with E-state index in [2.05, 4.69) is 24.3 Å². The fourth-order valence-electron chi connectivity index (χ4n) is 3.42. The highest BCUT2D eigenvalue weighted by molar-refractivity contribution is 6.02. The minimum Gasteiger partial charge on any atom is -0.488 e. The van der Waals surface area contributed by atoms with Crippen molar-refractivity contribution in [1.82, 2.24) is 0 Å². The fraction of sp³-hybridized carbons (Fsp3) is 0.190. The largest absolute Gasteiger partial charge is 0.488 e. The summed E-state index contributed by atoms with van der Waals surface area (Å²) in [5.74, 6) is 0.916. The first-order valence-corrected chi connectivity index (χ1v) is 8.23. The zero-order chi connectivity index (χ0) is 16.5. The van der Waals surface area contributed by atoms with Crippen molar-refractivity contribution in [3.63, 3.8) is 0 Å². The van der Waals surface area contributed by atoms with Crippen molar-refractivity contribution in [1.29, 1.82) is 0 Å². The van der Waals surface area contributed by atoms with Crippen LogP contribution in [-0.2, 0) is 17.8 Å². The molecule has 0 N–H and O–H groups in total. The summed E-state index contributed by atoms with van der Waals surface area (Å²) in [6, 6.07) is 20.4. The van der Waals surface area contributed by atoms with E-state index in [1.165, 1.54) is 10.9 Å². The van der Waals surface area contributed by atoms with Crippen molar-refractivity contribution in [2.45, 2.75) is 20.0 Å². The van der Waals surface area contributed by atoms with Crippen molar-refractivity contribution in [3.05, 3.63) is 71.8 Å². The van der Waals surface area contributed by atoms with Crippen LogP contribution in [0.25, 0.3) is 10.8 Å². The molecule has 1 aliphatic rings. The van der Waals surface area contributed by atoms with Crippen LogP contribution in [0.4, 0.5) is 5.69 Å². The van der Waals surface area contributed by atoms with E-state index < -0.39 is 0 Å². The Morgan fingerprint density at radius 1 is 1.04 bits per heavy atom. The van der Waals surface area contributed by atoms with Gasteiger partial charge in [-0.1, -0.05) is 54.6 Å². The van der Waals surface area contributed by atoms with Gasteiger partial charge in [-0.05, 0) is 22.9 Å². The average molecular weight is 317 g/mol. The number of ether oxygens (including phenoxy) is 1. The van der Waals surface area contributed by atoms with Gasteiger partial charge >= 0.3 is 0 Å². The lowest BCUT2D eigenvalue weighted by Gasteiger charge is -2.18. The molecule has 1 amide bonds. The van der Waals surface area contributed by atoms with E-state index in [1.54, 1.807) is 6.92 Å². The van der Waals surface area contributed by atoms with Crippen LogP contribution in [0, 0.1) is 0 Å². The van der Waals surface area contributed by atoms with Gasteiger partial charge in [-0.15, -0.1) is 0 Å². The number of fused-ring (bicyclic) bond motifs is 3. The number of nitrogens with zero attached hydrogens (tertiary/aromatic N) is 1. The first kappa shape index (κ1) is 14.8. The van der Waals surface area contributed by atoms with Crippen LogP contribution >= 0.6 is 0 Å². The number of amides is 1. The molecule has 0 aromatic heterocycles. The highest BCUT2D eigenvalue weighted by atomic mass is 16.5.